The van der Waals surface area contributed by atoms with Crippen molar-refractivity contribution in [1.82, 2.24) is 4.31 Å². The van der Waals surface area contributed by atoms with E-state index in [1.807, 2.05) is 6.92 Å². The monoisotopic (exact) mass is 407 g/mol. The summed E-state index contributed by atoms with van der Waals surface area (Å²) in [5.74, 6) is -0.557. The Labute approximate surface area is 165 Å². The van der Waals surface area contributed by atoms with Crippen LogP contribution in [0.1, 0.15) is 37.9 Å². The molecule has 5 nitrogen and oxygen atoms in total. The topological polar surface area (TPSA) is 63.5 Å². The van der Waals surface area contributed by atoms with Crippen molar-refractivity contribution in [3.05, 3.63) is 64.7 Å². The molecule has 0 aliphatic carbocycles. The molecule has 3 rings (SSSR count). The van der Waals surface area contributed by atoms with Crippen molar-refractivity contribution < 1.29 is 17.9 Å². The second-order valence-electron chi connectivity index (χ2n) is 7.62. The van der Waals surface area contributed by atoms with Crippen LogP contribution in [0.5, 0.6) is 0 Å². The van der Waals surface area contributed by atoms with Crippen LogP contribution in [0.25, 0.3) is 0 Å². The largest absolute Gasteiger partial charge is 0.459 e. The van der Waals surface area contributed by atoms with Crippen LogP contribution in [0.3, 0.4) is 0 Å². The highest BCUT2D eigenvalue weighted by molar-refractivity contribution is 7.89. The molecule has 3 atom stereocenters. The van der Waals surface area contributed by atoms with Crippen LogP contribution < -0.4 is 0 Å². The molecule has 3 unspecified atom stereocenters. The Kier molecular flexibility index (Phi) is 5.10. The molecule has 0 saturated carbocycles. The number of aryl methyl sites for hydroxylation is 1. The summed E-state index contributed by atoms with van der Waals surface area (Å²) in [7, 11) is -3.84. The maximum absolute atomic E-state index is 13.1. The Morgan fingerprint density at radius 1 is 1.04 bits per heavy atom. The van der Waals surface area contributed by atoms with Crippen LogP contribution in [-0.4, -0.2) is 30.3 Å². The molecule has 0 radical (unpaired) electrons. The molecule has 27 heavy (non-hydrogen) atoms. The van der Waals surface area contributed by atoms with Crippen LogP contribution in [-0.2, 0) is 19.6 Å². The van der Waals surface area contributed by atoms with Crippen molar-refractivity contribution in [3.63, 3.8) is 0 Å². The van der Waals surface area contributed by atoms with Crippen LogP contribution in [0.4, 0.5) is 0 Å². The van der Waals surface area contributed by atoms with E-state index in [1.165, 1.54) is 4.31 Å². The molecule has 1 fully saturated rings. The van der Waals surface area contributed by atoms with E-state index >= 15 is 0 Å². The zero-order valence-electron chi connectivity index (χ0n) is 15.6. The third-order valence-electron chi connectivity index (χ3n) is 4.21. The first-order valence-electron chi connectivity index (χ1n) is 8.59. The molecule has 1 heterocycles. The number of carbonyl (C=O) groups excluding carboxylic acids is 1. The molecule has 0 N–H and O–H groups in total. The molecular formula is C20H22ClNO4S. The van der Waals surface area contributed by atoms with Crippen molar-refractivity contribution in [2.24, 2.45) is 0 Å². The van der Waals surface area contributed by atoms with Gasteiger partial charge in [-0.3, -0.25) is 4.79 Å². The Morgan fingerprint density at radius 3 is 2.11 bits per heavy atom. The Bertz CT molecular complexity index is 947. The molecule has 0 bridgehead atoms. The number of nitrogens with zero attached hydrogens (tertiary/aromatic N) is 1. The third kappa shape index (κ3) is 4.18. The van der Waals surface area contributed by atoms with Gasteiger partial charge in [0, 0.05) is 5.02 Å². The lowest BCUT2D eigenvalue weighted by Gasteiger charge is -2.19. The van der Waals surface area contributed by atoms with Gasteiger partial charge in [0.1, 0.15) is 11.6 Å². The summed E-state index contributed by atoms with van der Waals surface area (Å²) in [5, 5.41) is 0.543. The van der Waals surface area contributed by atoms with Crippen molar-refractivity contribution in [3.8, 4) is 0 Å². The van der Waals surface area contributed by atoms with Gasteiger partial charge < -0.3 is 4.74 Å². The van der Waals surface area contributed by atoms with Gasteiger partial charge in [-0.25, -0.2) is 8.42 Å². The summed E-state index contributed by atoms with van der Waals surface area (Å²) >= 11 is 5.94. The van der Waals surface area contributed by atoms with E-state index in [4.69, 9.17) is 16.3 Å². The molecular weight excluding hydrogens is 386 g/mol. The summed E-state index contributed by atoms with van der Waals surface area (Å²) in [6, 6.07) is 11.9. The minimum absolute atomic E-state index is 0.151. The molecule has 1 saturated heterocycles. The lowest BCUT2D eigenvalue weighted by molar-refractivity contribution is -0.154. The maximum atomic E-state index is 13.1. The molecule has 0 aromatic heterocycles. The molecule has 7 heteroatoms. The summed E-state index contributed by atoms with van der Waals surface area (Å²) in [4.78, 5) is 12.8. The van der Waals surface area contributed by atoms with Crippen molar-refractivity contribution in [1.29, 1.82) is 0 Å². The highest BCUT2D eigenvalue weighted by atomic mass is 35.5. The zero-order chi connectivity index (χ0) is 20.0. The smallest absolute Gasteiger partial charge is 0.327 e. The molecule has 144 valence electrons. The lowest BCUT2D eigenvalue weighted by atomic mass is 10.1. The Hall–Kier alpha value is -1.89. The number of hydrogen-bond donors (Lipinski definition) is 0. The average Bonchev–Trinajstić information content (AvgIpc) is 3.31. The van der Waals surface area contributed by atoms with Gasteiger partial charge in [0.2, 0.25) is 10.0 Å². The average molecular weight is 408 g/mol. The van der Waals surface area contributed by atoms with Gasteiger partial charge in [0.15, 0.2) is 0 Å². The molecule has 0 amide bonds. The van der Waals surface area contributed by atoms with Gasteiger partial charge in [-0.05, 0) is 57.5 Å². The summed E-state index contributed by atoms with van der Waals surface area (Å²) < 4.78 is 32.9. The number of halogens is 1. The van der Waals surface area contributed by atoms with Crippen LogP contribution in [0.2, 0.25) is 5.02 Å². The third-order valence-corrected chi connectivity index (χ3v) is 6.34. The van der Waals surface area contributed by atoms with E-state index in [0.717, 1.165) is 5.56 Å². The Balaban J connectivity index is 1.98. The Morgan fingerprint density at radius 2 is 1.59 bits per heavy atom. The zero-order valence-corrected chi connectivity index (χ0v) is 17.2. The minimum Gasteiger partial charge on any atom is -0.459 e. The summed E-state index contributed by atoms with van der Waals surface area (Å²) in [5.41, 5.74) is 0.951. The molecule has 1 aliphatic heterocycles. The predicted molar refractivity (Wildman–Crippen MR) is 104 cm³/mol. The second kappa shape index (κ2) is 6.93. The molecule has 1 aliphatic rings. The molecule has 2 aromatic carbocycles. The SMILES string of the molecule is Cc1ccc(S(=O)(=O)N2C(C(=O)OC(C)(C)C)C2c2ccc(Cl)cc2)cc1. The fourth-order valence-corrected chi connectivity index (χ4v) is 4.76. The van der Waals surface area contributed by atoms with E-state index in [9.17, 15) is 13.2 Å². The number of sulfonamides is 1. The molecule has 0 spiro atoms. The van der Waals surface area contributed by atoms with Crippen molar-refractivity contribution in [2.45, 2.75) is 50.3 Å². The number of ether oxygens (including phenoxy) is 1. The van der Waals surface area contributed by atoms with Gasteiger partial charge in [-0.1, -0.05) is 41.4 Å². The van der Waals surface area contributed by atoms with Gasteiger partial charge in [0.05, 0.1) is 10.9 Å². The highest BCUT2D eigenvalue weighted by Crippen LogP contribution is 2.48. The van der Waals surface area contributed by atoms with Crippen LogP contribution in [0.15, 0.2) is 53.4 Å². The standard InChI is InChI=1S/C20H22ClNO4S/c1-13-5-11-16(12-6-13)27(24,25)22-17(14-7-9-15(21)10-8-14)18(22)19(23)26-20(2,3)4/h5-12,17-18H,1-4H3. The van der Waals surface area contributed by atoms with E-state index in [2.05, 4.69) is 0 Å². The number of rotatable bonds is 4. The first-order valence-corrected chi connectivity index (χ1v) is 10.4. The summed E-state index contributed by atoms with van der Waals surface area (Å²) in [6.07, 6.45) is 0. The first-order chi connectivity index (χ1) is 12.5. The number of esters is 1. The first kappa shape index (κ1) is 19.9. The highest BCUT2D eigenvalue weighted by Gasteiger charge is 2.61. The fourth-order valence-electron chi connectivity index (χ4n) is 2.93. The van der Waals surface area contributed by atoms with Gasteiger partial charge >= 0.3 is 5.97 Å². The number of hydrogen-bond acceptors (Lipinski definition) is 4. The van der Waals surface area contributed by atoms with Gasteiger partial charge in [-0.2, -0.15) is 4.31 Å². The number of benzene rings is 2. The van der Waals surface area contributed by atoms with Gasteiger partial charge in [-0.15, -0.1) is 0 Å². The van der Waals surface area contributed by atoms with E-state index in [1.54, 1.807) is 69.3 Å². The van der Waals surface area contributed by atoms with Crippen molar-refractivity contribution >= 4 is 27.6 Å². The predicted octanol–water partition coefficient (Wildman–Crippen LogP) is 4.10. The lowest BCUT2D eigenvalue weighted by Crippen LogP contribution is -2.29. The van der Waals surface area contributed by atoms with E-state index < -0.39 is 33.7 Å². The second-order valence-corrected chi connectivity index (χ2v) is 9.90. The quantitative estimate of drug-likeness (QED) is 0.565. The van der Waals surface area contributed by atoms with Crippen LogP contribution >= 0.6 is 11.6 Å². The molecule has 2 aromatic rings. The van der Waals surface area contributed by atoms with Crippen molar-refractivity contribution in [2.75, 3.05) is 0 Å². The minimum atomic E-state index is -3.84. The van der Waals surface area contributed by atoms with Gasteiger partial charge in [0.25, 0.3) is 0 Å². The normalized spacial score (nSPS) is 22.3. The number of carbonyl (C=O) groups is 1. The van der Waals surface area contributed by atoms with E-state index in [-0.39, 0.29) is 4.90 Å². The van der Waals surface area contributed by atoms with E-state index in [0.29, 0.717) is 10.6 Å². The maximum Gasteiger partial charge on any atom is 0.327 e. The van der Waals surface area contributed by atoms with Crippen LogP contribution in [0, 0.1) is 6.92 Å². The fraction of sp³-hybridized carbons (Fsp3) is 0.350. The summed E-state index contributed by atoms with van der Waals surface area (Å²) in [6.45, 7) is 7.14.